The Hall–Kier alpha value is -0.860. The standard InChI is InChI=1S/C5H11NO.C3H6O/c1-4(2)3-5(6)7;1-2-3-4/h4H,3H2,1-2H3,(H2,6,7);3H,2H2,1H3. The fourth-order valence-corrected chi connectivity index (χ4v) is 0.402. The first-order chi connectivity index (χ1) is 5.04. The summed E-state index contributed by atoms with van der Waals surface area (Å²) in [5.41, 5.74) is 4.85. The molecular weight excluding hydrogens is 142 g/mol. The van der Waals surface area contributed by atoms with Gasteiger partial charge in [-0.05, 0) is 5.92 Å². The molecule has 0 fully saturated rings. The van der Waals surface area contributed by atoms with E-state index in [4.69, 9.17) is 5.73 Å². The molecule has 0 aliphatic heterocycles. The van der Waals surface area contributed by atoms with Crippen LogP contribution in [0.15, 0.2) is 0 Å². The second-order valence-electron chi connectivity index (χ2n) is 2.64. The molecule has 0 saturated heterocycles. The van der Waals surface area contributed by atoms with Crippen LogP contribution in [0.3, 0.4) is 0 Å². The van der Waals surface area contributed by atoms with Gasteiger partial charge in [0.2, 0.25) is 5.91 Å². The molecule has 3 nitrogen and oxygen atoms in total. The van der Waals surface area contributed by atoms with E-state index < -0.39 is 0 Å². The first-order valence-electron chi connectivity index (χ1n) is 3.76. The Kier molecular flexibility index (Phi) is 10.6. The molecule has 66 valence electrons. The van der Waals surface area contributed by atoms with Crippen molar-refractivity contribution in [3.63, 3.8) is 0 Å². The van der Waals surface area contributed by atoms with Crippen molar-refractivity contribution in [1.82, 2.24) is 0 Å². The van der Waals surface area contributed by atoms with E-state index in [1.807, 2.05) is 20.8 Å². The van der Waals surface area contributed by atoms with E-state index >= 15 is 0 Å². The molecule has 0 heterocycles. The molecule has 3 heteroatoms. The van der Waals surface area contributed by atoms with Gasteiger partial charge in [0.25, 0.3) is 0 Å². The predicted octanol–water partition coefficient (Wildman–Crippen LogP) is 1.11. The van der Waals surface area contributed by atoms with Crippen LogP contribution in [0.4, 0.5) is 0 Å². The minimum atomic E-state index is -0.213. The molecule has 0 saturated carbocycles. The number of hydrogen-bond donors (Lipinski definition) is 1. The largest absolute Gasteiger partial charge is 0.370 e. The summed E-state index contributed by atoms with van der Waals surface area (Å²) >= 11 is 0. The van der Waals surface area contributed by atoms with Crippen LogP contribution in [0.5, 0.6) is 0 Å². The Morgan fingerprint density at radius 2 is 1.91 bits per heavy atom. The highest BCUT2D eigenvalue weighted by molar-refractivity contribution is 5.73. The Labute approximate surface area is 68.0 Å². The molecule has 0 spiro atoms. The lowest BCUT2D eigenvalue weighted by Crippen LogP contribution is -2.12. The lowest BCUT2D eigenvalue weighted by atomic mass is 10.1. The second kappa shape index (κ2) is 9.14. The third kappa shape index (κ3) is 27.2. The Morgan fingerprint density at radius 3 is 1.91 bits per heavy atom. The van der Waals surface area contributed by atoms with Crippen molar-refractivity contribution in [2.45, 2.75) is 33.6 Å². The average Bonchev–Trinajstić information content (AvgIpc) is 1.85. The zero-order chi connectivity index (χ0) is 9.28. The topological polar surface area (TPSA) is 60.2 Å². The van der Waals surface area contributed by atoms with Gasteiger partial charge >= 0.3 is 0 Å². The number of aldehydes is 1. The number of rotatable bonds is 3. The van der Waals surface area contributed by atoms with Gasteiger partial charge in [-0.3, -0.25) is 4.79 Å². The van der Waals surface area contributed by atoms with E-state index in [0.717, 1.165) is 6.29 Å². The zero-order valence-corrected chi connectivity index (χ0v) is 7.46. The average molecular weight is 159 g/mol. The van der Waals surface area contributed by atoms with Crippen molar-refractivity contribution in [1.29, 1.82) is 0 Å². The van der Waals surface area contributed by atoms with Crippen molar-refractivity contribution >= 4 is 12.2 Å². The number of primary amides is 1. The maximum absolute atomic E-state index is 10.0. The summed E-state index contributed by atoms with van der Waals surface area (Å²) in [5.74, 6) is 0.188. The van der Waals surface area contributed by atoms with Crippen molar-refractivity contribution in [2.24, 2.45) is 11.7 Å². The molecule has 0 atom stereocenters. The summed E-state index contributed by atoms with van der Waals surface area (Å²) < 4.78 is 0. The third-order valence-electron chi connectivity index (χ3n) is 0.776. The quantitative estimate of drug-likeness (QED) is 0.627. The molecule has 0 bridgehead atoms. The molecule has 11 heavy (non-hydrogen) atoms. The lowest BCUT2D eigenvalue weighted by Gasteiger charge is -1.95. The van der Waals surface area contributed by atoms with Crippen molar-refractivity contribution < 1.29 is 9.59 Å². The number of carbonyl (C=O) groups is 2. The van der Waals surface area contributed by atoms with Crippen LogP contribution < -0.4 is 5.73 Å². The van der Waals surface area contributed by atoms with Gasteiger partial charge in [0.05, 0.1) is 0 Å². The Bertz CT molecular complexity index is 111. The maximum Gasteiger partial charge on any atom is 0.217 e. The molecule has 2 N–H and O–H groups in total. The summed E-state index contributed by atoms with van der Waals surface area (Å²) in [7, 11) is 0. The summed E-state index contributed by atoms with van der Waals surface area (Å²) in [5, 5.41) is 0. The molecule has 0 unspecified atom stereocenters. The molecule has 0 radical (unpaired) electrons. The summed E-state index contributed by atoms with van der Waals surface area (Å²) in [4.78, 5) is 19.2. The molecule has 0 aliphatic rings. The highest BCUT2D eigenvalue weighted by atomic mass is 16.1. The van der Waals surface area contributed by atoms with Crippen molar-refractivity contribution in [2.75, 3.05) is 0 Å². The summed E-state index contributed by atoms with van der Waals surface area (Å²) in [6.45, 7) is 5.74. The van der Waals surface area contributed by atoms with Crippen molar-refractivity contribution in [3.8, 4) is 0 Å². The van der Waals surface area contributed by atoms with Crippen LogP contribution in [0.1, 0.15) is 33.6 Å². The molecule has 0 rings (SSSR count). The van der Waals surface area contributed by atoms with Crippen LogP contribution >= 0.6 is 0 Å². The fourth-order valence-electron chi connectivity index (χ4n) is 0.402. The fraction of sp³-hybridized carbons (Fsp3) is 0.750. The highest BCUT2D eigenvalue weighted by Gasteiger charge is 1.96. The first kappa shape index (κ1) is 12.8. The number of amides is 1. The zero-order valence-electron chi connectivity index (χ0n) is 7.46. The van der Waals surface area contributed by atoms with Gasteiger partial charge in [0, 0.05) is 12.8 Å². The van der Waals surface area contributed by atoms with Crippen LogP contribution in [-0.4, -0.2) is 12.2 Å². The van der Waals surface area contributed by atoms with Gasteiger partial charge in [-0.1, -0.05) is 20.8 Å². The highest BCUT2D eigenvalue weighted by Crippen LogP contribution is 1.95. The SMILES string of the molecule is CC(C)CC(N)=O.CCC=O. The van der Waals surface area contributed by atoms with E-state index in [1.54, 1.807) is 0 Å². The third-order valence-corrected chi connectivity index (χ3v) is 0.776. The molecule has 0 aromatic rings. The van der Waals surface area contributed by atoms with Gasteiger partial charge in [-0.25, -0.2) is 0 Å². The number of nitrogens with two attached hydrogens (primary N) is 1. The van der Waals surface area contributed by atoms with E-state index in [-0.39, 0.29) is 5.91 Å². The van der Waals surface area contributed by atoms with Crippen LogP contribution in [-0.2, 0) is 9.59 Å². The van der Waals surface area contributed by atoms with Gasteiger partial charge in [-0.2, -0.15) is 0 Å². The van der Waals surface area contributed by atoms with Gasteiger partial charge in [0.1, 0.15) is 6.29 Å². The minimum absolute atomic E-state index is 0.213. The second-order valence-corrected chi connectivity index (χ2v) is 2.64. The molecule has 0 aliphatic carbocycles. The lowest BCUT2D eigenvalue weighted by molar-refractivity contribution is -0.118. The smallest absolute Gasteiger partial charge is 0.217 e. The normalized spacial score (nSPS) is 8.36. The minimum Gasteiger partial charge on any atom is -0.370 e. The Balaban J connectivity index is 0. The van der Waals surface area contributed by atoms with Gasteiger partial charge in [0.15, 0.2) is 0 Å². The van der Waals surface area contributed by atoms with E-state index in [9.17, 15) is 9.59 Å². The van der Waals surface area contributed by atoms with E-state index in [1.165, 1.54) is 0 Å². The van der Waals surface area contributed by atoms with E-state index in [2.05, 4.69) is 0 Å². The van der Waals surface area contributed by atoms with E-state index in [0.29, 0.717) is 18.8 Å². The summed E-state index contributed by atoms with van der Waals surface area (Å²) in [6.07, 6.45) is 2.01. The predicted molar refractivity (Wildman–Crippen MR) is 45.0 cm³/mol. The van der Waals surface area contributed by atoms with Gasteiger partial charge < -0.3 is 10.5 Å². The maximum atomic E-state index is 10.0. The molecular formula is C8H17NO2. The first-order valence-corrected chi connectivity index (χ1v) is 3.76. The Morgan fingerprint density at radius 1 is 1.55 bits per heavy atom. The van der Waals surface area contributed by atoms with Crippen molar-refractivity contribution in [3.05, 3.63) is 0 Å². The monoisotopic (exact) mass is 159 g/mol. The summed E-state index contributed by atoms with van der Waals surface area (Å²) in [6, 6.07) is 0. The van der Waals surface area contributed by atoms with Crippen LogP contribution in [0.25, 0.3) is 0 Å². The van der Waals surface area contributed by atoms with Gasteiger partial charge in [-0.15, -0.1) is 0 Å². The number of carbonyl (C=O) groups excluding carboxylic acids is 2. The molecule has 1 amide bonds. The van der Waals surface area contributed by atoms with Crippen LogP contribution in [0, 0.1) is 5.92 Å². The van der Waals surface area contributed by atoms with Crippen LogP contribution in [0.2, 0.25) is 0 Å². The molecule has 0 aromatic carbocycles. The number of hydrogen-bond acceptors (Lipinski definition) is 2. The molecule has 0 aromatic heterocycles.